The van der Waals surface area contributed by atoms with Crippen LogP contribution in [0.4, 0.5) is 0 Å². The van der Waals surface area contributed by atoms with Gasteiger partial charge in [-0.05, 0) is 24.8 Å². The second-order valence-electron chi connectivity index (χ2n) is 7.42. The standard InChI is InChI=1S/C21H31N3O2/c1-3-18(4-2)20(25)23-11-10-19-21(26)24(15-13-22(19)12-14-23)16-17-8-6-5-7-9-17/h5-9,18-19H,3-4,10-16H2,1-2H3. The number of hydrogen-bond acceptors (Lipinski definition) is 3. The van der Waals surface area contributed by atoms with E-state index in [1.807, 2.05) is 28.0 Å². The zero-order valence-electron chi connectivity index (χ0n) is 16.1. The molecule has 5 nitrogen and oxygen atoms in total. The number of hydrogen-bond donors (Lipinski definition) is 0. The van der Waals surface area contributed by atoms with Gasteiger partial charge < -0.3 is 9.80 Å². The van der Waals surface area contributed by atoms with Crippen molar-refractivity contribution in [1.82, 2.24) is 14.7 Å². The van der Waals surface area contributed by atoms with E-state index >= 15 is 0 Å². The van der Waals surface area contributed by atoms with Crippen molar-refractivity contribution in [3.8, 4) is 0 Å². The molecule has 2 heterocycles. The zero-order valence-corrected chi connectivity index (χ0v) is 16.1. The van der Waals surface area contributed by atoms with Crippen LogP contribution in [0.1, 0.15) is 38.7 Å². The summed E-state index contributed by atoms with van der Waals surface area (Å²) in [7, 11) is 0. The van der Waals surface area contributed by atoms with E-state index in [0.717, 1.165) is 45.4 Å². The molecule has 1 aromatic carbocycles. The lowest BCUT2D eigenvalue weighted by molar-refractivity contribution is -0.142. The Balaban J connectivity index is 1.63. The third-order valence-electron chi connectivity index (χ3n) is 5.89. The highest BCUT2D eigenvalue weighted by Gasteiger charge is 2.37. The SMILES string of the molecule is CCC(CC)C(=O)N1CCC2C(=O)N(Cc3ccccc3)CCN2CC1. The molecule has 2 amide bonds. The predicted molar refractivity (Wildman–Crippen MR) is 102 cm³/mol. The molecule has 142 valence electrons. The van der Waals surface area contributed by atoms with Crippen molar-refractivity contribution in [3.05, 3.63) is 35.9 Å². The third-order valence-corrected chi connectivity index (χ3v) is 5.89. The fourth-order valence-corrected chi connectivity index (χ4v) is 4.17. The summed E-state index contributed by atoms with van der Waals surface area (Å²) in [4.78, 5) is 32.0. The molecule has 3 rings (SSSR count). The number of piperazine rings is 1. The van der Waals surface area contributed by atoms with Crippen molar-refractivity contribution in [2.45, 2.75) is 45.7 Å². The highest BCUT2D eigenvalue weighted by atomic mass is 16.2. The predicted octanol–water partition coefficient (Wildman–Crippen LogP) is 2.37. The van der Waals surface area contributed by atoms with Crippen LogP contribution in [0.5, 0.6) is 0 Å². The average Bonchev–Trinajstić information content (AvgIpc) is 2.89. The molecule has 0 aromatic heterocycles. The zero-order chi connectivity index (χ0) is 18.5. The highest BCUT2D eigenvalue weighted by molar-refractivity contribution is 5.83. The second kappa shape index (κ2) is 8.67. The van der Waals surface area contributed by atoms with E-state index in [2.05, 4.69) is 30.9 Å². The average molecular weight is 357 g/mol. The fraction of sp³-hybridized carbons (Fsp3) is 0.619. The maximum Gasteiger partial charge on any atom is 0.240 e. The molecule has 0 bridgehead atoms. The van der Waals surface area contributed by atoms with Crippen molar-refractivity contribution >= 4 is 11.8 Å². The number of rotatable bonds is 5. The minimum absolute atomic E-state index is 0.0769. The van der Waals surface area contributed by atoms with Gasteiger partial charge in [0, 0.05) is 45.2 Å². The lowest BCUT2D eigenvalue weighted by atomic mass is 10.0. The molecule has 0 radical (unpaired) electrons. The maximum absolute atomic E-state index is 13.0. The Bertz CT molecular complexity index is 615. The van der Waals surface area contributed by atoms with Crippen LogP contribution in [0.2, 0.25) is 0 Å². The minimum atomic E-state index is -0.0769. The molecule has 2 saturated heterocycles. The van der Waals surface area contributed by atoms with Gasteiger partial charge in [0.2, 0.25) is 11.8 Å². The Hall–Kier alpha value is -1.88. The van der Waals surface area contributed by atoms with Crippen LogP contribution in [0.3, 0.4) is 0 Å². The summed E-state index contributed by atoms with van der Waals surface area (Å²) < 4.78 is 0. The number of carbonyl (C=O) groups is 2. The van der Waals surface area contributed by atoms with Crippen LogP contribution in [0.15, 0.2) is 30.3 Å². The van der Waals surface area contributed by atoms with Crippen molar-refractivity contribution in [2.24, 2.45) is 5.92 Å². The molecule has 2 aliphatic heterocycles. The van der Waals surface area contributed by atoms with E-state index in [-0.39, 0.29) is 23.8 Å². The molecular formula is C21H31N3O2. The van der Waals surface area contributed by atoms with Crippen LogP contribution in [-0.4, -0.2) is 65.3 Å². The summed E-state index contributed by atoms with van der Waals surface area (Å²) >= 11 is 0. The molecule has 2 fully saturated rings. The number of fused-ring (bicyclic) bond motifs is 1. The molecule has 0 spiro atoms. The first-order chi connectivity index (χ1) is 12.6. The van der Waals surface area contributed by atoms with Gasteiger partial charge in [0.25, 0.3) is 0 Å². The first-order valence-electron chi connectivity index (χ1n) is 9.99. The normalized spacial score (nSPS) is 21.7. The highest BCUT2D eigenvalue weighted by Crippen LogP contribution is 2.21. The Morgan fingerprint density at radius 3 is 2.42 bits per heavy atom. The van der Waals surface area contributed by atoms with Gasteiger partial charge in [0.05, 0.1) is 6.04 Å². The first-order valence-corrected chi connectivity index (χ1v) is 9.99. The van der Waals surface area contributed by atoms with E-state index in [0.29, 0.717) is 13.1 Å². The fourth-order valence-electron chi connectivity index (χ4n) is 4.17. The van der Waals surface area contributed by atoms with Crippen molar-refractivity contribution < 1.29 is 9.59 Å². The van der Waals surface area contributed by atoms with Crippen molar-refractivity contribution in [1.29, 1.82) is 0 Å². The van der Waals surface area contributed by atoms with Crippen molar-refractivity contribution in [2.75, 3.05) is 32.7 Å². The Morgan fingerprint density at radius 2 is 1.73 bits per heavy atom. The summed E-state index contributed by atoms with van der Waals surface area (Å²) in [6.07, 6.45) is 2.53. The topological polar surface area (TPSA) is 43.9 Å². The van der Waals surface area contributed by atoms with E-state index < -0.39 is 0 Å². The number of nitrogens with zero attached hydrogens (tertiary/aromatic N) is 3. The van der Waals surface area contributed by atoms with Crippen LogP contribution in [-0.2, 0) is 16.1 Å². The summed E-state index contributed by atoms with van der Waals surface area (Å²) in [5, 5.41) is 0. The summed E-state index contributed by atoms with van der Waals surface area (Å²) in [5.74, 6) is 0.607. The van der Waals surface area contributed by atoms with Gasteiger partial charge in [-0.1, -0.05) is 44.2 Å². The molecule has 1 aromatic rings. The van der Waals surface area contributed by atoms with Gasteiger partial charge in [0.15, 0.2) is 0 Å². The quantitative estimate of drug-likeness (QED) is 0.813. The van der Waals surface area contributed by atoms with Crippen LogP contribution < -0.4 is 0 Å². The van der Waals surface area contributed by atoms with E-state index in [4.69, 9.17) is 0 Å². The molecule has 0 aliphatic carbocycles. The molecule has 0 saturated carbocycles. The Kier molecular flexibility index (Phi) is 6.30. The van der Waals surface area contributed by atoms with E-state index in [1.54, 1.807) is 0 Å². The van der Waals surface area contributed by atoms with Gasteiger partial charge in [-0.15, -0.1) is 0 Å². The summed E-state index contributed by atoms with van der Waals surface area (Å²) in [5.41, 5.74) is 1.17. The largest absolute Gasteiger partial charge is 0.341 e. The number of carbonyl (C=O) groups excluding carboxylic acids is 2. The van der Waals surface area contributed by atoms with Crippen LogP contribution >= 0.6 is 0 Å². The van der Waals surface area contributed by atoms with Crippen LogP contribution in [0.25, 0.3) is 0 Å². The third kappa shape index (κ3) is 4.09. The lowest BCUT2D eigenvalue weighted by Gasteiger charge is -2.39. The number of amides is 2. The summed E-state index contributed by atoms with van der Waals surface area (Å²) in [6.45, 7) is 8.76. The number of benzene rings is 1. The Morgan fingerprint density at radius 1 is 1.04 bits per heavy atom. The van der Waals surface area contributed by atoms with Gasteiger partial charge in [-0.3, -0.25) is 14.5 Å². The molecule has 1 unspecified atom stereocenters. The van der Waals surface area contributed by atoms with Gasteiger partial charge in [0.1, 0.15) is 0 Å². The van der Waals surface area contributed by atoms with Crippen molar-refractivity contribution in [3.63, 3.8) is 0 Å². The van der Waals surface area contributed by atoms with E-state index in [1.165, 1.54) is 5.56 Å². The molecule has 1 atom stereocenters. The van der Waals surface area contributed by atoms with Gasteiger partial charge in [-0.2, -0.15) is 0 Å². The minimum Gasteiger partial charge on any atom is -0.341 e. The smallest absolute Gasteiger partial charge is 0.240 e. The van der Waals surface area contributed by atoms with Gasteiger partial charge in [-0.25, -0.2) is 0 Å². The van der Waals surface area contributed by atoms with E-state index in [9.17, 15) is 9.59 Å². The lowest BCUT2D eigenvalue weighted by Crippen LogP contribution is -2.56. The molecule has 26 heavy (non-hydrogen) atoms. The first kappa shape index (κ1) is 18.9. The molecule has 0 N–H and O–H groups in total. The monoisotopic (exact) mass is 357 g/mol. The molecular weight excluding hydrogens is 326 g/mol. The maximum atomic E-state index is 13.0. The molecule has 2 aliphatic rings. The van der Waals surface area contributed by atoms with Crippen LogP contribution in [0, 0.1) is 5.92 Å². The summed E-state index contributed by atoms with van der Waals surface area (Å²) in [6, 6.07) is 10.1. The Labute approximate surface area is 156 Å². The van der Waals surface area contributed by atoms with Gasteiger partial charge >= 0.3 is 0 Å². The molecule has 5 heteroatoms. The second-order valence-corrected chi connectivity index (χ2v) is 7.42.